The summed E-state index contributed by atoms with van der Waals surface area (Å²) in [7, 11) is 0. The van der Waals surface area contributed by atoms with E-state index in [0.717, 1.165) is 42.5 Å². The zero-order chi connectivity index (χ0) is 15.4. The highest BCUT2D eigenvalue weighted by molar-refractivity contribution is 9.10. The molecular weight excluding hydrogens is 340 g/mol. The summed E-state index contributed by atoms with van der Waals surface area (Å²) in [6.07, 6.45) is 2.86. The maximum atomic E-state index is 10.7. The van der Waals surface area contributed by atoms with Crippen molar-refractivity contribution < 1.29 is 14.8 Å². The molecule has 2 rings (SSSR count). The van der Waals surface area contributed by atoms with E-state index in [-0.39, 0.29) is 12.1 Å². The van der Waals surface area contributed by atoms with Gasteiger partial charge >= 0.3 is 5.97 Å². The zero-order valence-electron chi connectivity index (χ0n) is 11.5. The number of aliphatic carboxylic acids is 1. The predicted octanol–water partition coefficient (Wildman–Crippen LogP) is 3.44. The van der Waals surface area contributed by atoms with Gasteiger partial charge in [0.15, 0.2) is 0 Å². The number of piperidine rings is 1. The molecule has 21 heavy (non-hydrogen) atoms. The fourth-order valence-electron chi connectivity index (χ4n) is 2.66. The molecule has 1 saturated heterocycles. The lowest BCUT2D eigenvalue weighted by Gasteiger charge is -2.34. The number of hydrogen-bond donors (Lipinski definition) is 1. The number of carboxylic acids is 1. The SMILES string of the molecule is O=C(O)CCC1CCN(c2ccc([N+](=O)[O-])cc2Br)CC1. The van der Waals surface area contributed by atoms with Gasteiger partial charge in [0.25, 0.3) is 5.69 Å². The molecule has 1 aliphatic heterocycles. The van der Waals surface area contributed by atoms with Gasteiger partial charge in [0.05, 0.1) is 10.6 Å². The Hall–Kier alpha value is -1.63. The van der Waals surface area contributed by atoms with E-state index in [4.69, 9.17) is 5.11 Å². The molecule has 6 nitrogen and oxygen atoms in total. The van der Waals surface area contributed by atoms with Crippen LogP contribution in [-0.4, -0.2) is 29.1 Å². The molecule has 114 valence electrons. The van der Waals surface area contributed by atoms with Crippen LogP contribution in [0.3, 0.4) is 0 Å². The number of carbonyl (C=O) groups is 1. The molecule has 0 atom stereocenters. The van der Waals surface area contributed by atoms with Crippen molar-refractivity contribution in [3.05, 3.63) is 32.8 Å². The summed E-state index contributed by atoms with van der Waals surface area (Å²) >= 11 is 3.39. The first-order chi connectivity index (χ1) is 9.97. The van der Waals surface area contributed by atoms with Crippen molar-refractivity contribution in [3.8, 4) is 0 Å². The summed E-state index contributed by atoms with van der Waals surface area (Å²) in [6.45, 7) is 1.70. The normalized spacial score (nSPS) is 16.0. The van der Waals surface area contributed by atoms with Crippen LogP contribution in [0.2, 0.25) is 0 Å². The lowest BCUT2D eigenvalue weighted by molar-refractivity contribution is -0.384. The van der Waals surface area contributed by atoms with Crippen molar-refractivity contribution in [2.24, 2.45) is 5.92 Å². The Labute approximate surface area is 131 Å². The maximum Gasteiger partial charge on any atom is 0.303 e. The Morgan fingerprint density at radius 3 is 2.62 bits per heavy atom. The van der Waals surface area contributed by atoms with E-state index >= 15 is 0 Å². The molecule has 0 aliphatic carbocycles. The van der Waals surface area contributed by atoms with Gasteiger partial charge in [-0.15, -0.1) is 0 Å². The highest BCUT2D eigenvalue weighted by Crippen LogP contribution is 2.33. The van der Waals surface area contributed by atoms with E-state index in [2.05, 4.69) is 20.8 Å². The number of nitro benzene ring substituents is 1. The average molecular weight is 357 g/mol. The smallest absolute Gasteiger partial charge is 0.303 e. The molecule has 1 aromatic carbocycles. The van der Waals surface area contributed by atoms with Crippen LogP contribution in [0, 0.1) is 16.0 Å². The predicted molar refractivity (Wildman–Crippen MR) is 82.6 cm³/mol. The molecule has 1 N–H and O–H groups in total. The largest absolute Gasteiger partial charge is 0.481 e. The van der Waals surface area contributed by atoms with Gasteiger partial charge in [-0.05, 0) is 47.2 Å². The molecule has 0 saturated carbocycles. The minimum absolute atomic E-state index is 0.0713. The molecule has 0 bridgehead atoms. The fraction of sp³-hybridized carbons (Fsp3) is 0.500. The second-order valence-corrected chi connectivity index (χ2v) is 6.11. The Morgan fingerprint density at radius 2 is 2.10 bits per heavy atom. The lowest BCUT2D eigenvalue weighted by atomic mass is 9.92. The van der Waals surface area contributed by atoms with Crippen molar-refractivity contribution in [1.82, 2.24) is 0 Å². The molecule has 0 spiro atoms. The number of nitrogens with zero attached hydrogens (tertiary/aromatic N) is 2. The highest BCUT2D eigenvalue weighted by Gasteiger charge is 2.22. The molecule has 0 aromatic heterocycles. The van der Waals surface area contributed by atoms with Gasteiger partial charge < -0.3 is 10.0 Å². The van der Waals surface area contributed by atoms with Gasteiger partial charge in [-0.3, -0.25) is 14.9 Å². The number of carboxylic acid groups (broad SMARTS) is 1. The van der Waals surface area contributed by atoms with Crippen LogP contribution < -0.4 is 4.90 Å². The van der Waals surface area contributed by atoms with Gasteiger partial charge in [-0.25, -0.2) is 0 Å². The number of halogens is 1. The Morgan fingerprint density at radius 1 is 1.43 bits per heavy atom. The monoisotopic (exact) mass is 356 g/mol. The van der Waals surface area contributed by atoms with E-state index in [9.17, 15) is 14.9 Å². The Bertz CT molecular complexity index is 542. The number of benzene rings is 1. The summed E-state index contributed by atoms with van der Waals surface area (Å²) in [5.41, 5.74) is 1.03. The molecule has 7 heteroatoms. The van der Waals surface area contributed by atoms with E-state index in [1.807, 2.05) is 0 Å². The van der Waals surface area contributed by atoms with E-state index in [0.29, 0.717) is 5.92 Å². The van der Waals surface area contributed by atoms with Gasteiger partial charge in [0, 0.05) is 36.1 Å². The number of anilines is 1. The fourth-order valence-corrected chi connectivity index (χ4v) is 3.27. The summed E-state index contributed by atoms with van der Waals surface area (Å²) < 4.78 is 0.723. The summed E-state index contributed by atoms with van der Waals surface area (Å²) in [5, 5.41) is 19.4. The zero-order valence-corrected chi connectivity index (χ0v) is 13.1. The Kier molecular flexibility index (Phi) is 5.17. The van der Waals surface area contributed by atoms with Crippen LogP contribution >= 0.6 is 15.9 Å². The van der Waals surface area contributed by atoms with E-state index in [1.165, 1.54) is 12.1 Å². The van der Waals surface area contributed by atoms with Crippen molar-refractivity contribution in [3.63, 3.8) is 0 Å². The lowest BCUT2D eigenvalue weighted by Crippen LogP contribution is -2.34. The molecular formula is C14H17BrN2O4. The van der Waals surface area contributed by atoms with Crippen LogP contribution in [0.25, 0.3) is 0 Å². The maximum absolute atomic E-state index is 10.7. The molecule has 1 fully saturated rings. The van der Waals surface area contributed by atoms with Gasteiger partial charge in [0.1, 0.15) is 0 Å². The molecule has 0 unspecified atom stereocenters. The minimum atomic E-state index is -0.740. The first-order valence-corrected chi connectivity index (χ1v) is 7.67. The van der Waals surface area contributed by atoms with Crippen molar-refractivity contribution in [2.45, 2.75) is 25.7 Å². The van der Waals surface area contributed by atoms with Crippen molar-refractivity contribution in [1.29, 1.82) is 0 Å². The summed E-state index contributed by atoms with van der Waals surface area (Å²) in [4.78, 5) is 23.1. The third-order valence-electron chi connectivity index (χ3n) is 3.86. The number of hydrogen-bond acceptors (Lipinski definition) is 4. The quantitative estimate of drug-likeness (QED) is 0.645. The summed E-state index contributed by atoms with van der Waals surface area (Å²) in [5.74, 6) is -0.287. The number of nitro groups is 1. The van der Waals surface area contributed by atoms with Crippen LogP contribution in [0.15, 0.2) is 22.7 Å². The standard InChI is InChI=1S/C14H17BrN2O4/c15-12-9-11(17(20)21)2-3-13(12)16-7-5-10(6-8-16)1-4-14(18)19/h2-3,9-10H,1,4-8H2,(H,18,19). The van der Waals surface area contributed by atoms with Crippen molar-refractivity contribution >= 4 is 33.3 Å². The van der Waals surface area contributed by atoms with Gasteiger partial charge in [0.2, 0.25) is 0 Å². The molecule has 1 aliphatic rings. The van der Waals surface area contributed by atoms with Crippen molar-refractivity contribution in [2.75, 3.05) is 18.0 Å². The summed E-state index contributed by atoms with van der Waals surface area (Å²) in [6, 6.07) is 4.79. The van der Waals surface area contributed by atoms with Crippen LogP contribution in [0.4, 0.5) is 11.4 Å². The third-order valence-corrected chi connectivity index (χ3v) is 4.50. The third kappa shape index (κ3) is 4.17. The Balaban J connectivity index is 1.96. The molecule has 1 heterocycles. The number of rotatable bonds is 5. The first-order valence-electron chi connectivity index (χ1n) is 6.88. The van der Waals surface area contributed by atoms with E-state index < -0.39 is 10.9 Å². The van der Waals surface area contributed by atoms with Crippen LogP contribution in [-0.2, 0) is 4.79 Å². The minimum Gasteiger partial charge on any atom is -0.481 e. The van der Waals surface area contributed by atoms with Gasteiger partial charge in [-0.2, -0.15) is 0 Å². The first kappa shape index (κ1) is 15.8. The average Bonchev–Trinajstić information content (AvgIpc) is 2.45. The molecule has 0 radical (unpaired) electrons. The topological polar surface area (TPSA) is 83.7 Å². The molecule has 1 aromatic rings. The van der Waals surface area contributed by atoms with Crippen LogP contribution in [0.5, 0.6) is 0 Å². The van der Waals surface area contributed by atoms with Gasteiger partial charge in [-0.1, -0.05) is 0 Å². The number of non-ortho nitro benzene ring substituents is 1. The second-order valence-electron chi connectivity index (χ2n) is 5.26. The highest BCUT2D eigenvalue weighted by atomic mass is 79.9. The second kappa shape index (κ2) is 6.89. The van der Waals surface area contributed by atoms with E-state index in [1.54, 1.807) is 6.07 Å². The van der Waals surface area contributed by atoms with Crippen LogP contribution in [0.1, 0.15) is 25.7 Å². The molecule has 0 amide bonds.